The van der Waals surface area contributed by atoms with Gasteiger partial charge in [-0.25, -0.2) is 0 Å². The van der Waals surface area contributed by atoms with E-state index in [4.69, 9.17) is 11.6 Å². The zero-order valence-corrected chi connectivity index (χ0v) is 4.82. The van der Waals surface area contributed by atoms with Gasteiger partial charge in [0.2, 0.25) is 0 Å². The van der Waals surface area contributed by atoms with E-state index in [-0.39, 0.29) is 13.0 Å². The lowest BCUT2D eigenvalue weighted by Gasteiger charge is -1.99. The fraction of sp³-hybridized carbons (Fsp3) is 0.800. The minimum atomic E-state index is -1.04. The molecule has 0 amide bonds. The minimum absolute atomic E-state index is 0.136. The van der Waals surface area contributed by atoms with Crippen LogP contribution in [0.4, 0.5) is 0 Å². The molecule has 2 atom stereocenters. The number of carboxylic acid groups (broad SMARTS) is 1. The third kappa shape index (κ3) is 1.40. The van der Waals surface area contributed by atoms with Gasteiger partial charge in [0.1, 0.15) is 7.45 Å². The molecular formula is C5H9NO3. The topological polar surface area (TPSA) is 69.6 Å². The van der Waals surface area contributed by atoms with Gasteiger partial charge in [-0.05, 0) is 0 Å². The molecule has 0 aromatic heterocycles. The van der Waals surface area contributed by atoms with Gasteiger partial charge in [0.25, 0.3) is 0 Å². The molecule has 9 heavy (non-hydrogen) atoms. The van der Waals surface area contributed by atoms with Crippen LogP contribution in [0.3, 0.4) is 0 Å². The summed E-state index contributed by atoms with van der Waals surface area (Å²) < 4.78 is 7.04. The van der Waals surface area contributed by atoms with Crippen LogP contribution in [0.2, 0.25) is 1.41 Å². The Labute approximate surface area is 54.0 Å². The first-order chi connectivity index (χ1) is 4.61. The SMILES string of the molecule is [2H]N1C[C@@H](O)CC1C(=O)O. The van der Waals surface area contributed by atoms with Gasteiger partial charge in [-0.1, -0.05) is 0 Å². The molecule has 1 heterocycles. The van der Waals surface area contributed by atoms with Crippen molar-refractivity contribution in [1.82, 2.24) is 5.31 Å². The van der Waals surface area contributed by atoms with Crippen LogP contribution in [0, 0.1) is 0 Å². The summed E-state index contributed by atoms with van der Waals surface area (Å²) in [5.74, 6) is -1.04. The number of hydrogen-bond acceptors (Lipinski definition) is 3. The Morgan fingerprint density at radius 2 is 2.56 bits per heavy atom. The van der Waals surface area contributed by atoms with Crippen LogP contribution in [-0.4, -0.2) is 34.9 Å². The second-order valence-corrected chi connectivity index (χ2v) is 2.11. The lowest BCUT2D eigenvalue weighted by atomic mass is 10.2. The molecule has 0 radical (unpaired) electrons. The quantitative estimate of drug-likeness (QED) is 0.419. The molecule has 1 aliphatic heterocycles. The number of rotatable bonds is 1. The zero-order valence-electron chi connectivity index (χ0n) is 5.82. The molecule has 4 heteroatoms. The number of aliphatic hydroxyl groups is 1. The van der Waals surface area contributed by atoms with Crippen LogP contribution in [0.15, 0.2) is 0 Å². The zero-order chi connectivity index (χ0) is 7.72. The summed E-state index contributed by atoms with van der Waals surface area (Å²) in [5.41, 5.74) is 0. The van der Waals surface area contributed by atoms with E-state index in [0.29, 0.717) is 0 Å². The number of aliphatic carboxylic acids is 1. The summed E-state index contributed by atoms with van der Waals surface area (Å²) in [7, 11) is 0. The van der Waals surface area contributed by atoms with E-state index in [0.717, 1.165) is 5.31 Å². The maximum atomic E-state index is 10.3. The van der Waals surface area contributed by atoms with Crippen molar-refractivity contribution >= 4 is 5.97 Å². The average Bonchev–Trinajstić information content (AvgIpc) is 2.10. The number of aliphatic hydroxyl groups excluding tert-OH is 1. The van der Waals surface area contributed by atoms with Crippen LogP contribution in [0.25, 0.3) is 0 Å². The Bertz CT molecular complexity index is 152. The Balaban J connectivity index is 2.54. The lowest BCUT2D eigenvalue weighted by molar-refractivity contribution is -0.139. The Morgan fingerprint density at radius 1 is 1.89 bits per heavy atom. The van der Waals surface area contributed by atoms with Crippen LogP contribution in [0.5, 0.6) is 0 Å². The first kappa shape index (κ1) is 5.20. The van der Waals surface area contributed by atoms with E-state index in [1.807, 2.05) is 0 Å². The van der Waals surface area contributed by atoms with Gasteiger partial charge in [-0.3, -0.25) is 4.79 Å². The molecule has 1 saturated heterocycles. The maximum absolute atomic E-state index is 10.3. The first-order valence-electron chi connectivity index (χ1n) is 3.22. The number of carboxylic acids is 1. The van der Waals surface area contributed by atoms with Crippen LogP contribution in [0.1, 0.15) is 6.42 Å². The number of carbonyl (C=O) groups is 1. The summed E-state index contributed by atoms with van der Waals surface area (Å²) in [6.07, 6.45) is -0.489. The van der Waals surface area contributed by atoms with E-state index in [9.17, 15) is 4.79 Å². The van der Waals surface area contributed by atoms with Gasteiger partial charge in [0.05, 0.1) is 6.10 Å². The van der Waals surface area contributed by atoms with E-state index in [2.05, 4.69) is 0 Å². The van der Waals surface area contributed by atoms with Crippen molar-refractivity contribution in [2.45, 2.75) is 18.6 Å². The van der Waals surface area contributed by atoms with Crippen LogP contribution < -0.4 is 5.31 Å². The molecule has 1 aliphatic rings. The van der Waals surface area contributed by atoms with E-state index >= 15 is 0 Å². The third-order valence-corrected chi connectivity index (χ3v) is 1.32. The lowest BCUT2D eigenvalue weighted by Crippen LogP contribution is -2.29. The highest BCUT2D eigenvalue weighted by Crippen LogP contribution is 2.05. The van der Waals surface area contributed by atoms with Crippen molar-refractivity contribution < 1.29 is 16.4 Å². The van der Waals surface area contributed by atoms with E-state index in [1.54, 1.807) is 0 Å². The van der Waals surface area contributed by atoms with Crippen molar-refractivity contribution in [2.24, 2.45) is 0 Å². The maximum Gasteiger partial charge on any atom is 0.320 e. The van der Waals surface area contributed by atoms with Gasteiger partial charge in [0.15, 0.2) is 0 Å². The molecule has 0 saturated carbocycles. The van der Waals surface area contributed by atoms with Crippen molar-refractivity contribution in [3.05, 3.63) is 0 Å². The molecule has 0 bridgehead atoms. The highest BCUT2D eigenvalue weighted by Gasteiger charge is 2.27. The summed E-state index contributed by atoms with van der Waals surface area (Å²) >= 11 is 0. The van der Waals surface area contributed by atoms with Crippen molar-refractivity contribution in [3.63, 3.8) is 0 Å². The van der Waals surface area contributed by atoms with Gasteiger partial charge >= 0.3 is 5.97 Å². The van der Waals surface area contributed by atoms with E-state index in [1.165, 1.54) is 0 Å². The van der Waals surface area contributed by atoms with Gasteiger partial charge in [-0.15, -0.1) is 0 Å². The number of nitrogens with one attached hydrogen (secondary N) is 1. The largest absolute Gasteiger partial charge is 0.480 e. The van der Waals surface area contributed by atoms with Crippen LogP contribution >= 0.6 is 0 Å². The van der Waals surface area contributed by atoms with Gasteiger partial charge in [0, 0.05) is 13.0 Å². The molecule has 0 aliphatic carbocycles. The Morgan fingerprint density at radius 3 is 2.78 bits per heavy atom. The molecule has 0 spiro atoms. The second-order valence-electron chi connectivity index (χ2n) is 2.11. The van der Waals surface area contributed by atoms with Crippen molar-refractivity contribution in [2.75, 3.05) is 6.54 Å². The normalized spacial score (nSPS) is 38.6. The van der Waals surface area contributed by atoms with Gasteiger partial charge < -0.3 is 15.5 Å². The summed E-state index contributed by atoms with van der Waals surface area (Å²) in [6.45, 7) is 0.136. The molecule has 52 valence electrons. The minimum Gasteiger partial charge on any atom is -0.480 e. The molecule has 4 nitrogen and oxygen atoms in total. The van der Waals surface area contributed by atoms with E-state index < -0.39 is 18.1 Å². The fourth-order valence-electron chi connectivity index (χ4n) is 0.835. The summed E-state index contributed by atoms with van der Waals surface area (Å²) in [6, 6.07) is -0.824. The predicted molar refractivity (Wildman–Crippen MR) is 30.1 cm³/mol. The van der Waals surface area contributed by atoms with Gasteiger partial charge in [-0.2, -0.15) is 0 Å². The monoisotopic (exact) mass is 132 g/mol. The smallest absolute Gasteiger partial charge is 0.320 e. The molecule has 3 N–H and O–H groups in total. The fourth-order valence-corrected chi connectivity index (χ4v) is 0.835. The van der Waals surface area contributed by atoms with Crippen molar-refractivity contribution in [1.29, 1.82) is 0 Å². The molecule has 1 rings (SSSR count). The predicted octanol–water partition coefficient (Wildman–Crippen LogP) is -1.21. The van der Waals surface area contributed by atoms with Crippen molar-refractivity contribution in [3.8, 4) is 0 Å². The second kappa shape index (κ2) is 2.33. The highest BCUT2D eigenvalue weighted by atomic mass is 16.4. The third-order valence-electron chi connectivity index (χ3n) is 1.32. The summed E-state index contributed by atoms with van der Waals surface area (Å²) in [5, 5.41) is 18.2. The van der Waals surface area contributed by atoms with Crippen LogP contribution in [-0.2, 0) is 4.79 Å². The highest BCUT2D eigenvalue weighted by molar-refractivity contribution is 5.73. The molecule has 0 aromatic rings. The number of β-amino-alcohol motifs (C(OH)–C–C–N with tert-alkyl or cyclic N) is 1. The average molecular weight is 132 g/mol. The molecule has 1 unspecified atom stereocenters. The molecule has 0 aromatic carbocycles. The first-order valence-corrected chi connectivity index (χ1v) is 2.77. The Kier molecular flexibility index (Phi) is 1.34. The summed E-state index contributed by atoms with van der Waals surface area (Å²) in [4.78, 5) is 10.3. The number of hydrogen-bond donors (Lipinski definition) is 3. The standard InChI is InChI=1S/C5H9NO3/c7-3-1-4(5(8)9)6-2-3/h3-4,6-7H,1-2H2,(H,8,9)/t3-,4?/m0/s1/i/hD. The Hall–Kier alpha value is -0.610. The molecule has 1 fully saturated rings. The molecular weight excluding hydrogens is 122 g/mol.